The van der Waals surface area contributed by atoms with Crippen LogP contribution in [0.2, 0.25) is 5.28 Å². The smallest absolute Gasteiger partial charge is 0.249 e. The predicted octanol–water partition coefficient (Wildman–Crippen LogP) is 3.91. The van der Waals surface area contributed by atoms with E-state index >= 15 is 0 Å². The molecule has 8 nitrogen and oxygen atoms in total. The second kappa shape index (κ2) is 6.93. The molecule has 4 rings (SSSR count). The Bertz CT molecular complexity index is 1120. The number of carbonyl (C=O) groups is 1. The number of amides is 1. The lowest BCUT2D eigenvalue weighted by molar-refractivity contribution is -0.114. The predicted molar refractivity (Wildman–Crippen MR) is 106 cm³/mol. The van der Waals surface area contributed by atoms with Crippen molar-refractivity contribution < 1.29 is 4.79 Å². The molecule has 0 fully saturated rings. The number of hydrogen-bond donors (Lipinski definition) is 2. The van der Waals surface area contributed by atoms with Crippen molar-refractivity contribution in [1.29, 1.82) is 0 Å². The number of hydrogen-bond acceptors (Lipinski definition) is 7. The van der Waals surface area contributed by atoms with E-state index in [2.05, 4.69) is 30.7 Å². The first kappa shape index (κ1) is 17.4. The van der Waals surface area contributed by atoms with Gasteiger partial charge < -0.3 is 10.6 Å². The van der Waals surface area contributed by atoms with Crippen LogP contribution in [0.1, 0.15) is 12.6 Å². The van der Waals surface area contributed by atoms with Gasteiger partial charge in [0.25, 0.3) is 0 Å². The monoisotopic (exact) mass is 399 g/mol. The molecule has 3 aromatic heterocycles. The van der Waals surface area contributed by atoms with Crippen LogP contribution in [0.5, 0.6) is 0 Å². The van der Waals surface area contributed by atoms with Crippen molar-refractivity contribution in [3.63, 3.8) is 0 Å². The molecular weight excluding hydrogens is 386 g/mol. The maximum Gasteiger partial charge on any atom is 0.249 e. The van der Waals surface area contributed by atoms with E-state index in [1.807, 2.05) is 36.6 Å². The second-order valence-electron chi connectivity index (χ2n) is 5.80. The summed E-state index contributed by atoms with van der Waals surface area (Å²) in [5.41, 5.74) is 3.36. The number of rotatable bonds is 4. The zero-order chi connectivity index (χ0) is 19.0. The third-order valence-corrected chi connectivity index (χ3v) is 4.63. The number of halogens is 1. The minimum Gasteiger partial charge on any atom is -0.326 e. The van der Waals surface area contributed by atoms with E-state index < -0.39 is 0 Å². The molecular formula is C17H14ClN7OS. The Morgan fingerprint density at radius 2 is 1.96 bits per heavy atom. The quantitative estimate of drug-likeness (QED) is 0.505. The molecule has 0 saturated heterocycles. The average Bonchev–Trinajstić information content (AvgIpc) is 3.14. The van der Waals surface area contributed by atoms with E-state index in [1.165, 1.54) is 18.3 Å². The summed E-state index contributed by atoms with van der Waals surface area (Å²) in [5, 5.41) is 12.5. The van der Waals surface area contributed by atoms with Gasteiger partial charge in [-0.15, -0.1) is 16.4 Å². The molecule has 0 spiro atoms. The molecule has 2 N–H and O–H groups in total. The van der Waals surface area contributed by atoms with E-state index in [-0.39, 0.29) is 11.2 Å². The first-order valence-electron chi connectivity index (χ1n) is 7.98. The molecule has 0 aliphatic rings. The third-order valence-electron chi connectivity index (χ3n) is 3.65. The van der Waals surface area contributed by atoms with Crippen molar-refractivity contribution >= 4 is 51.3 Å². The standard InChI is InChI=1S/C17H14ClN7OS/c1-9-7-14(21-15(18)19-9)22-16-23-17-25(24-16)13(8-27-17)11-3-5-12(6-4-11)20-10(2)26/h3-8H,1-2H3,(H,20,26)(H,19,21,22,24). The van der Waals surface area contributed by atoms with Gasteiger partial charge in [0.1, 0.15) is 5.82 Å². The Hall–Kier alpha value is -3.04. The summed E-state index contributed by atoms with van der Waals surface area (Å²) in [4.78, 5) is 24.5. The van der Waals surface area contributed by atoms with E-state index in [9.17, 15) is 4.79 Å². The Morgan fingerprint density at radius 3 is 2.67 bits per heavy atom. The highest BCUT2D eigenvalue weighted by molar-refractivity contribution is 7.15. The molecule has 0 saturated carbocycles. The van der Waals surface area contributed by atoms with Gasteiger partial charge in [-0.1, -0.05) is 12.1 Å². The SMILES string of the molecule is CC(=O)Nc1ccc(-c2csc3nc(Nc4cc(C)nc(Cl)n4)nn23)cc1. The van der Waals surface area contributed by atoms with Crippen LogP contribution in [0.3, 0.4) is 0 Å². The lowest BCUT2D eigenvalue weighted by Gasteiger charge is -2.04. The van der Waals surface area contributed by atoms with Gasteiger partial charge in [-0.25, -0.2) is 14.5 Å². The molecule has 1 aromatic carbocycles. The maximum absolute atomic E-state index is 11.1. The summed E-state index contributed by atoms with van der Waals surface area (Å²) in [7, 11) is 0. The summed E-state index contributed by atoms with van der Waals surface area (Å²) >= 11 is 7.37. The number of anilines is 3. The topological polar surface area (TPSA) is 97.1 Å². The number of fused-ring (bicyclic) bond motifs is 1. The number of aromatic nitrogens is 5. The highest BCUT2D eigenvalue weighted by Crippen LogP contribution is 2.27. The Labute approximate surface area is 163 Å². The molecule has 4 aromatic rings. The number of benzene rings is 1. The molecule has 27 heavy (non-hydrogen) atoms. The molecule has 10 heteroatoms. The van der Waals surface area contributed by atoms with Crippen LogP contribution in [0.25, 0.3) is 16.2 Å². The van der Waals surface area contributed by atoms with Crippen LogP contribution in [0.4, 0.5) is 17.5 Å². The highest BCUT2D eigenvalue weighted by Gasteiger charge is 2.12. The van der Waals surface area contributed by atoms with Gasteiger partial charge >= 0.3 is 0 Å². The Balaban J connectivity index is 1.63. The Kier molecular flexibility index (Phi) is 4.46. The summed E-state index contributed by atoms with van der Waals surface area (Å²) in [6, 6.07) is 9.32. The van der Waals surface area contributed by atoms with E-state index in [1.54, 1.807) is 10.6 Å². The van der Waals surface area contributed by atoms with Gasteiger partial charge in [0, 0.05) is 35.3 Å². The number of thiazole rings is 1. The number of carbonyl (C=O) groups excluding carboxylic acids is 1. The number of nitrogens with one attached hydrogen (secondary N) is 2. The van der Waals surface area contributed by atoms with Crippen molar-refractivity contribution in [3.05, 3.63) is 46.7 Å². The average molecular weight is 400 g/mol. The van der Waals surface area contributed by atoms with Crippen LogP contribution in [-0.2, 0) is 4.79 Å². The zero-order valence-corrected chi connectivity index (χ0v) is 16.0. The minimum atomic E-state index is -0.104. The van der Waals surface area contributed by atoms with Crippen molar-refractivity contribution in [1.82, 2.24) is 24.6 Å². The summed E-state index contributed by atoms with van der Waals surface area (Å²) < 4.78 is 1.76. The van der Waals surface area contributed by atoms with E-state index in [0.29, 0.717) is 11.8 Å². The van der Waals surface area contributed by atoms with E-state index in [0.717, 1.165) is 27.6 Å². The third kappa shape index (κ3) is 3.74. The Morgan fingerprint density at radius 1 is 1.19 bits per heavy atom. The van der Waals surface area contributed by atoms with E-state index in [4.69, 9.17) is 11.6 Å². The fourth-order valence-corrected chi connectivity index (χ4v) is 3.63. The molecule has 0 unspecified atom stereocenters. The van der Waals surface area contributed by atoms with Crippen molar-refractivity contribution in [2.45, 2.75) is 13.8 Å². The summed E-state index contributed by atoms with van der Waals surface area (Å²) in [6.07, 6.45) is 0. The normalized spacial score (nSPS) is 10.9. The lowest BCUT2D eigenvalue weighted by atomic mass is 10.1. The second-order valence-corrected chi connectivity index (χ2v) is 6.97. The van der Waals surface area contributed by atoms with Gasteiger partial charge in [0.2, 0.25) is 22.1 Å². The van der Waals surface area contributed by atoms with Crippen LogP contribution in [-0.4, -0.2) is 30.5 Å². The molecule has 1 amide bonds. The minimum absolute atomic E-state index is 0.104. The van der Waals surface area contributed by atoms with Gasteiger partial charge in [-0.05, 0) is 30.7 Å². The van der Waals surface area contributed by atoms with Crippen LogP contribution >= 0.6 is 22.9 Å². The van der Waals surface area contributed by atoms with Crippen LogP contribution in [0.15, 0.2) is 35.7 Å². The van der Waals surface area contributed by atoms with Crippen molar-refractivity contribution in [2.75, 3.05) is 10.6 Å². The van der Waals surface area contributed by atoms with Crippen molar-refractivity contribution in [3.8, 4) is 11.3 Å². The summed E-state index contributed by atoms with van der Waals surface area (Å²) in [5.74, 6) is 0.854. The molecule has 0 aliphatic carbocycles. The largest absolute Gasteiger partial charge is 0.326 e. The first-order chi connectivity index (χ1) is 13.0. The summed E-state index contributed by atoms with van der Waals surface area (Å²) in [6.45, 7) is 3.31. The fourth-order valence-electron chi connectivity index (χ4n) is 2.57. The molecule has 3 heterocycles. The van der Waals surface area contributed by atoms with Crippen LogP contribution < -0.4 is 10.6 Å². The van der Waals surface area contributed by atoms with Gasteiger partial charge in [0.15, 0.2) is 0 Å². The zero-order valence-electron chi connectivity index (χ0n) is 14.4. The fraction of sp³-hybridized carbons (Fsp3) is 0.118. The molecule has 0 bridgehead atoms. The number of aryl methyl sites for hydroxylation is 1. The molecule has 0 radical (unpaired) electrons. The molecule has 136 valence electrons. The number of nitrogens with zero attached hydrogens (tertiary/aromatic N) is 5. The van der Waals surface area contributed by atoms with Crippen molar-refractivity contribution in [2.24, 2.45) is 0 Å². The maximum atomic E-state index is 11.1. The highest BCUT2D eigenvalue weighted by atomic mass is 35.5. The van der Waals surface area contributed by atoms with Crippen LogP contribution in [0, 0.1) is 6.92 Å². The molecule has 0 atom stereocenters. The molecule has 0 aliphatic heterocycles. The lowest BCUT2D eigenvalue weighted by Crippen LogP contribution is -2.05. The van der Waals surface area contributed by atoms with Gasteiger partial charge in [-0.2, -0.15) is 4.98 Å². The van der Waals surface area contributed by atoms with Gasteiger partial charge in [0.05, 0.1) is 5.69 Å². The first-order valence-corrected chi connectivity index (χ1v) is 9.24. The van der Waals surface area contributed by atoms with Gasteiger partial charge in [-0.3, -0.25) is 4.79 Å².